The Hall–Kier alpha value is -5.49. The lowest BCUT2D eigenvalue weighted by atomic mass is 9.98. The fourth-order valence-electron chi connectivity index (χ4n) is 5.07. The number of ether oxygens (including phenoxy) is 2. The van der Waals surface area contributed by atoms with Gasteiger partial charge in [-0.05, 0) is 71.8 Å². The summed E-state index contributed by atoms with van der Waals surface area (Å²) in [6, 6.07) is 31.8. The van der Waals surface area contributed by atoms with Gasteiger partial charge >= 0.3 is 0 Å². The van der Waals surface area contributed by atoms with Gasteiger partial charge in [-0.2, -0.15) is 5.10 Å². The maximum absolute atomic E-state index is 13.8. The molecule has 0 fully saturated rings. The number of halogens is 1. The monoisotopic (exact) mass is 650 g/mol. The predicted octanol–water partition coefficient (Wildman–Crippen LogP) is 5.58. The van der Waals surface area contributed by atoms with Crippen molar-refractivity contribution in [3.05, 3.63) is 132 Å². The zero-order valence-corrected chi connectivity index (χ0v) is 26.3. The highest BCUT2D eigenvalue weighted by atomic mass is 32.2. The third-order valence-corrected chi connectivity index (χ3v) is 8.35. The Labute approximate surface area is 275 Å². The van der Waals surface area contributed by atoms with Gasteiger partial charge in [0.25, 0.3) is 11.8 Å². The highest BCUT2D eigenvalue weighted by Crippen LogP contribution is 2.34. The summed E-state index contributed by atoms with van der Waals surface area (Å²) < 4.78 is 26.4. The summed E-state index contributed by atoms with van der Waals surface area (Å²) in [5, 5.41) is 18.2. The van der Waals surface area contributed by atoms with Crippen LogP contribution in [0.1, 0.15) is 29.4 Å². The van der Waals surface area contributed by atoms with E-state index in [1.54, 1.807) is 31.4 Å². The molecule has 0 saturated carbocycles. The molecule has 1 aliphatic rings. The Morgan fingerprint density at radius 3 is 2.30 bits per heavy atom. The van der Waals surface area contributed by atoms with Gasteiger partial charge in [0.05, 0.1) is 31.2 Å². The van der Waals surface area contributed by atoms with Crippen LogP contribution in [0, 0.1) is 5.82 Å². The van der Waals surface area contributed by atoms with Crippen LogP contribution < -0.4 is 14.8 Å². The molecule has 0 aliphatic carbocycles. The van der Waals surface area contributed by atoms with Gasteiger partial charge in [-0.3, -0.25) is 14.2 Å². The summed E-state index contributed by atoms with van der Waals surface area (Å²) in [5.41, 5.74) is 3.16. The van der Waals surface area contributed by atoms with Crippen LogP contribution in [0.3, 0.4) is 0 Å². The number of hydrogen-bond acceptors (Lipinski definition) is 8. The van der Waals surface area contributed by atoms with Gasteiger partial charge in [0, 0.05) is 12.1 Å². The number of thioether (sulfide) groups is 1. The lowest BCUT2D eigenvalue weighted by Gasteiger charge is -2.22. The lowest BCUT2D eigenvalue weighted by Crippen LogP contribution is -2.29. The highest BCUT2D eigenvalue weighted by Gasteiger charge is 2.33. The van der Waals surface area contributed by atoms with Gasteiger partial charge in [-0.15, -0.1) is 10.2 Å². The van der Waals surface area contributed by atoms with Gasteiger partial charge in [-0.25, -0.2) is 9.40 Å². The Morgan fingerprint density at radius 1 is 0.894 bits per heavy atom. The number of methoxy groups -OCH3 is 1. The molecule has 4 aromatic carbocycles. The molecule has 0 bridgehead atoms. The van der Waals surface area contributed by atoms with Gasteiger partial charge in [-0.1, -0.05) is 60.3 Å². The summed E-state index contributed by atoms with van der Waals surface area (Å²) >= 11 is 1.22. The maximum Gasteiger partial charge on any atom is 0.258 e. The fraction of sp³-hybridized carbons (Fsp3) is 0.171. The lowest BCUT2D eigenvalue weighted by molar-refractivity contribution is -0.130. The quantitative estimate of drug-likeness (QED) is 0.176. The van der Waals surface area contributed by atoms with Crippen molar-refractivity contribution < 1.29 is 23.5 Å². The van der Waals surface area contributed by atoms with Crippen LogP contribution in [0.5, 0.6) is 11.5 Å². The first-order valence-corrected chi connectivity index (χ1v) is 15.8. The average molecular weight is 651 g/mol. The van der Waals surface area contributed by atoms with Crippen molar-refractivity contribution in [2.24, 2.45) is 5.10 Å². The SMILES string of the molecule is COc1ccc(C2=NN(C(=O)CSc3nnc(CNC(=O)COc4ccccc4)n3-c3ccccc3)C(c3ccc(F)cc3)C2)cc1. The minimum absolute atomic E-state index is 0.0132. The summed E-state index contributed by atoms with van der Waals surface area (Å²) in [6.07, 6.45) is 0.465. The molecule has 6 rings (SSSR count). The van der Waals surface area contributed by atoms with E-state index >= 15 is 0 Å². The Bertz CT molecular complexity index is 1850. The van der Waals surface area contributed by atoms with Crippen LogP contribution in [0.15, 0.2) is 119 Å². The molecule has 2 amide bonds. The third kappa shape index (κ3) is 7.67. The van der Waals surface area contributed by atoms with E-state index in [9.17, 15) is 14.0 Å². The Balaban J connectivity index is 1.18. The second-order valence-electron chi connectivity index (χ2n) is 10.5. The van der Waals surface area contributed by atoms with Gasteiger partial charge < -0.3 is 14.8 Å². The summed E-state index contributed by atoms with van der Waals surface area (Å²) in [5.74, 6) is 0.902. The Morgan fingerprint density at radius 2 is 1.60 bits per heavy atom. The van der Waals surface area contributed by atoms with E-state index in [2.05, 4.69) is 15.5 Å². The van der Waals surface area contributed by atoms with Crippen molar-refractivity contribution in [3.63, 3.8) is 0 Å². The van der Waals surface area contributed by atoms with E-state index in [0.717, 1.165) is 22.5 Å². The van der Waals surface area contributed by atoms with Crippen molar-refractivity contribution in [2.45, 2.75) is 24.2 Å². The first-order valence-electron chi connectivity index (χ1n) is 14.8. The molecule has 0 saturated heterocycles. The van der Waals surface area contributed by atoms with E-state index in [1.165, 1.54) is 28.9 Å². The number of nitrogens with one attached hydrogen (secondary N) is 1. The topological polar surface area (TPSA) is 111 Å². The molecule has 12 heteroatoms. The second kappa shape index (κ2) is 14.7. The second-order valence-corrected chi connectivity index (χ2v) is 11.5. The summed E-state index contributed by atoms with van der Waals surface area (Å²) in [7, 11) is 1.60. The van der Waals surface area contributed by atoms with E-state index < -0.39 is 6.04 Å². The molecule has 10 nitrogen and oxygen atoms in total. The largest absolute Gasteiger partial charge is 0.497 e. The van der Waals surface area contributed by atoms with Crippen molar-refractivity contribution in [3.8, 4) is 17.2 Å². The van der Waals surface area contributed by atoms with Crippen LogP contribution in [0.25, 0.3) is 5.69 Å². The normalized spacial score (nSPS) is 14.0. The molecule has 0 spiro atoms. The first-order chi connectivity index (χ1) is 23.0. The first kappa shape index (κ1) is 31.5. The van der Waals surface area contributed by atoms with Crippen molar-refractivity contribution in [2.75, 3.05) is 19.5 Å². The molecule has 0 radical (unpaired) electrons. The molecule has 47 heavy (non-hydrogen) atoms. The third-order valence-electron chi connectivity index (χ3n) is 7.44. The number of benzene rings is 4. The average Bonchev–Trinajstić information content (AvgIpc) is 3.75. The van der Waals surface area contributed by atoms with Crippen LogP contribution >= 0.6 is 11.8 Å². The van der Waals surface area contributed by atoms with Crippen molar-refractivity contribution in [1.29, 1.82) is 0 Å². The number of nitrogens with zero attached hydrogens (tertiary/aromatic N) is 5. The molecule has 1 N–H and O–H groups in total. The van der Waals surface area contributed by atoms with Crippen LogP contribution in [-0.2, 0) is 16.1 Å². The zero-order chi connectivity index (χ0) is 32.6. The van der Waals surface area contributed by atoms with E-state index in [1.807, 2.05) is 77.4 Å². The van der Waals surface area contributed by atoms with Crippen LogP contribution in [-0.4, -0.2) is 56.8 Å². The molecule has 1 aliphatic heterocycles. The van der Waals surface area contributed by atoms with Crippen LogP contribution in [0.4, 0.5) is 4.39 Å². The Kier molecular flexibility index (Phi) is 9.87. The van der Waals surface area contributed by atoms with Crippen molar-refractivity contribution in [1.82, 2.24) is 25.1 Å². The predicted molar refractivity (Wildman–Crippen MR) is 176 cm³/mol. The molecule has 2 heterocycles. The van der Waals surface area contributed by atoms with E-state index in [-0.39, 0.29) is 36.5 Å². The van der Waals surface area contributed by atoms with Crippen LogP contribution in [0.2, 0.25) is 0 Å². The minimum atomic E-state index is -0.406. The highest BCUT2D eigenvalue weighted by molar-refractivity contribution is 7.99. The molecule has 1 aromatic heterocycles. The van der Waals surface area contributed by atoms with Gasteiger partial charge in [0.15, 0.2) is 17.6 Å². The zero-order valence-electron chi connectivity index (χ0n) is 25.5. The van der Waals surface area contributed by atoms with Gasteiger partial charge in [0.2, 0.25) is 0 Å². The number of carbonyl (C=O) groups excluding carboxylic acids is 2. The number of hydrogen-bond donors (Lipinski definition) is 1. The molecule has 238 valence electrons. The standard InChI is InChI=1S/C35H31FN6O4S/c1-45-28-18-14-24(15-19-28)30-20-31(25-12-16-26(36)17-13-25)42(40-30)34(44)23-47-35-39-38-32(41(35)27-8-4-2-5-9-27)21-37-33(43)22-46-29-10-6-3-7-11-29/h2-19,31H,20-23H2,1H3,(H,37,43). The molecule has 5 aromatic rings. The number of rotatable bonds is 12. The molecule has 1 atom stereocenters. The number of para-hydroxylation sites is 2. The van der Waals surface area contributed by atoms with E-state index in [4.69, 9.17) is 14.6 Å². The smallest absolute Gasteiger partial charge is 0.258 e. The van der Waals surface area contributed by atoms with Crippen molar-refractivity contribution >= 4 is 29.3 Å². The molecule has 1 unspecified atom stereocenters. The maximum atomic E-state index is 13.8. The molecular weight excluding hydrogens is 619 g/mol. The van der Waals surface area contributed by atoms with E-state index in [0.29, 0.717) is 28.9 Å². The number of amides is 2. The number of hydrazone groups is 1. The minimum Gasteiger partial charge on any atom is -0.497 e. The molecular formula is C35H31FN6O4S. The summed E-state index contributed by atoms with van der Waals surface area (Å²) in [6.45, 7) is -0.0502. The summed E-state index contributed by atoms with van der Waals surface area (Å²) in [4.78, 5) is 26.3. The number of carbonyl (C=O) groups is 2. The van der Waals surface area contributed by atoms with Gasteiger partial charge in [0.1, 0.15) is 17.3 Å². The fourth-order valence-corrected chi connectivity index (χ4v) is 5.90. The number of aromatic nitrogens is 3.